The summed E-state index contributed by atoms with van der Waals surface area (Å²) >= 11 is 5.63. The zero-order chi connectivity index (χ0) is 15.5. The van der Waals surface area contributed by atoms with E-state index >= 15 is 0 Å². The van der Waals surface area contributed by atoms with Gasteiger partial charge in [0.25, 0.3) is 0 Å². The lowest BCUT2D eigenvalue weighted by atomic mass is 10.1. The van der Waals surface area contributed by atoms with Gasteiger partial charge in [-0.05, 0) is 38.1 Å². The second kappa shape index (κ2) is 6.91. The number of piperidine rings is 1. The summed E-state index contributed by atoms with van der Waals surface area (Å²) in [6, 6.07) is 2.26. The van der Waals surface area contributed by atoms with E-state index in [1.54, 1.807) is 0 Å². The van der Waals surface area contributed by atoms with Gasteiger partial charge in [0.05, 0.1) is 5.02 Å². The highest BCUT2D eigenvalue weighted by molar-refractivity contribution is 7.89. The van der Waals surface area contributed by atoms with Crippen LogP contribution in [0.25, 0.3) is 0 Å². The van der Waals surface area contributed by atoms with Gasteiger partial charge in [0.1, 0.15) is 4.90 Å². The molecule has 0 aromatic heterocycles. The van der Waals surface area contributed by atoms with E-state index in [0.29, 0.717) is 6.54 Å². The smallest absolute Gasteiger partial charge is 0.243 e. The number of halogens is 2. The Morgan fingerprint density at radius 1 is 1.29 bits per heavy atom. The molecular weight excluding hydrogens is 317 g/mol. The number of rotatable bonds is 5. The van der Waals surface area contributed by atoms with Crippen molar-refractivity contribution in [2.75, 3.05) is 31.9 Å². The molecule has 5 nitrogen and oxygen atoms in total. The SMILES string of the molecule is Nc1cc(Cl)c(F)c(S(=O)(=O)NCCN2CCCCC2)c1. The van der Waals surface area contributed by atoms with E-state index in [9.17, 15) is 12.8 Å². The van der Waals surface area contributed by atoms with E-state index in [1.165, 1.54) is 12.5 Å². The first kappa shape index (κ1) is 16.5. The van der Waals surface area contributed by atoms with Crippen LogP contribution in [0.15, 0.2) is 17.0 Å². The number of sulfonamides is 1. The molecule has 0 saturated carbocycles. The molecule has 3 N–H and O–H groups in total. The van der Waals surface area contributed by atoms with Crippen molar-refractivity contribution in [3.8, 4) is 0 Å². The molecule has 1 aliphatic heterocycles. The summed E-state index contributed by atoms with van der Waals surface area (Å²) in [5, 5.41) is -0.300. The molecule has 0 amide bonds. The summed E-state index contributed by atoms with van der Waals surface area (Å²) in [4.78, 5) is 1.68. The summed E-state index contributed by atoms with van der Waals surface area (Å²) in [5.41, 5.74) is 5.63. The lowest BCUT2D eigenvalue weighted by Crippen LogP contribution is -2.37. The Morgan fingerprint density at radius 3 is 2.62 bits per heavy atom. The van der Waals surface area contributed by atoms with Crippen LogP contribution in [0.3, 0.4) is 0 Å². The van der Waals surface area contributed by atoms with Gasteiger partial charge in [0, 0.05) is 18.8 Å². The van der Waals surface area contributed by atoms with Crippen molar-refractivity contribution < 1.29 is 12.8 Å². The normalized spacial score (nSPS) is 17.0. The topological polar surface area (TPSA) is 75.4 Å². The Morgan fingerprint density at radius 2 is 1.95 bits per heavy atom. The summed E-state index contributed by atoms with van der Waals surface area (Å²) in [7, 11) is -3.95. The predicted octanol–water partition coefficient (Wildman–Crippen LogP) is 1.83. The highest BCUT2D eigenvalue weighted by Gasteiger charge is 2.22. The zero-order valence-electron chi connectivity index (χ0n) is 11.6. The van der Waals surface area contributed by atoms with Crippen molar-refractivity contribution >= 4 is 27.3 Å². The standard InChI is InChI=1S/C13H19ClFN3O2S/c14-11-8-10(16)9-12(13(11)15)21(19,20)17-4-7-18-5-2-1-3-6-18/h8-9,17H,1-7,16H2. The lowest BCUT2D eigenvalue weighted by molar-refractivity contribution is 0.232. The maximum Gasteiger partial charge on any atom is 0.243 e. The Balaban J connectivity index is 2.01. The van der Waals surface area contributed by atoms with Crippen molar-refractivity contribution in [3.05, 3.63) is 23.0 Å². The van der Waals surface area contributed by atoms with Gasteiger partial charge in [-0.2, -0.15) is 0 Å². The predicted molar refractivity (Wildman–Crippen MR) is 81.3 cm³/mol. The third-order valence-corrected chi connectivity index (χ3v) is 5.21. The Labute approximate surface area is 129 Å². The fourth-order valence-electron chi connectivity index (χ4n) is 2.38. The van der Waals surface area contributed by atoms with Crippen LogP contribution in [-0.2, 0) is 10.0 Å². The highest BCUT2D eigenvalue weighted by atomic mass is 35.5. The van der Waals surface area contributed by atoms with Crippen molar-refractivity contribution in [2.45, 2.75) is 24.2 Å². The van der Waals surface area contributed by atoms with Crippen LogP contribution in [0.2, 0.25) is 5.02 Å². The van der Waals surface area contributed by atoms with Crippen molar-refractivity contribution in [3.63, 3.8) is 0 Å². The average molecular weight is 336 g/mol. The van der Waals surface area contributed by atoms with E-state index < -0.39 is 20.7 Å². The molecule has 0 radical (unpaired) electrons. The molecule has 118 valence electrons. The molecule has 0 aliphatic carbocycles. The molecular formula is C13H19ClFN3O2S. The second-order valence-electron chi connectivity index (χ2n) is 5.11. The minimum Gasteiger partial charge on any atom is -0.399 e. The Hall–Kier alpha value is -0.890. The molecule has 8 heteroatoms. The summed E-state index contributed by atoms with van der Waals surface area (Å²) < 4.78 is 40.5. The van der Waals surface area contributed by atoms with E-state index in [4.69, 9.17) is 17.3 Å². The third-order valence-electron chi connectivity index (χ3n) is 3.48. The quantitative estimate of drug-likeness (QED) is 0.805. The first-order valence-corrected chi connectivity index (χ1v) is 8.73. The highest BCUT2D eigenvalue weighted by Crippen LogP contribution is 2.25. The average Bonchev–Trinajstić information content (AvgIpc) is 2.43. The second-order valence-corrected chi connectivity index (χ2v) is 7.26. The van der Waals surface area contributed by atoms with E-state index in [-0.39, 0.29) is 17.3 Å². The lowest BCUT2D eigenvalue weighted by Gasteiger charge is -2.26. The molecule has 1 aromatic carbocycles. The zero-order valence-corrected chi connectivity index (χ0v) is 13.2. The number of nitrogens with one attached hydrogen (secondary N) is 1. The Bertz CT molecular complexity index is 604. The van der Waals surface area contributed by atoms with Gasteiger partial charge >= 0.3 is 0 Å². The maximum absolute atomic E-state index is 13.8. The van der Waals surface area contributed by atoms with Gasteiger partial charge in [0.2, 0.25) is 10.0 Å². The minimum absolute atomic E-state index is 0.109. The van der Waals surface area contributed by atoms with Crippen LogP contribution in [-0.4, -0.2) is 39.5 Å². The molecule has 2 rings (SSSR count). The summed E-state index contributed by atoms with van der Waals surface area (Å²) in [6.45, 7) is 2.78. The minimum atomic E-state index is -3.95. The molecule has 1 aliphatic rings. The number of nitrogens with two attached hydrogens (primary N) is 1. The van der Waals surface area contributed by atoms with Gasteiger partial charge in [-0.3, -0.25) is 0 Å². The van der Waals surface area contributed by atoms with Crippen LogP contribution in [0.4, 0.5) is 10.1 Å². The molecule has 0 unspecified atom stereocenters. The third kappa shape index (κ3) is 4.29. The molecule has 0 atom stereocenters. The first-order valence-electron chi connectivity index (χ1n) is 6.87. The number of anilines is 1. The molecule has 1 fully saturated rings. The van der Waals surface area contributed by atoms with Gasteiger partial charge in [-0.15, -0.1) is 0 Å². The van der Waals surface area contributed by atoms with Crippen LogP contribution < -0.4 is 10.5 Å². The largest absolute Gasteiger partial charge is 0.399 e. The van der Waals surface area contributed by atoms with Gasteiger partial charge < -0.3 is 10.6 Å². The fraction of sp³-hybridized carbons (Fsp3) is 0.538. The molecule has 1 aromatic rings. The van der Waals surface area contributed by atoms with Gasteiger partial charge in [-0.1, -0.05) is 18.0 Å². The molecule has 0 bridgehead atoms. The number of benzene rings is 1. The maximum atomic E-state index is 13.8. The molecule has 0 spiro atoms. The Kier molecular flexibility index (Phi) is 5.43. The first-order chi connectivity index (χ1) is 9.90. The molecule has 1 saturated heterocycles. The number of hydrogen-bond donors (Lipinski definition) is 2. The monoisotopic (exact) mass is 335 g/mol. The van der Waals surface area contributed by atoms with Crippen molar-refractivity contribution in [1.29, 1.82) is 0 Å². The number of nitrogen functional groups attached to an aromatic ring is 1. The van der Waals surface area contributed by atoms with Crippen molar-refractivity contribution in [2.24, 2.45) is 0 Å². The van der Waals surface area contributed by atoms with E-state index in [0.717, 1.165) is 32.0 Å². The number of likely N-dealkylation sites (tertiary alicyclic amines) is 1. The summed E-state index contributed by atoms with van der Waals surface area (Å²) in [5.74, 6) is -0.976. The molecule has 1 heterocycles. The fourth-order valence-corrected chi connectivity index (χ4v) is 3.81. The van der Waals surface area contributed by atoms with Crippen LogP contribution in [0, 0.1) is 5.82 Å². The summed E-state index contributed by atoms with van der Waals surface area (Å²) in [6.07, 6.45) is 3.48. The van der Waals surface area contributed by atoms with Crippen LogP contribution in [0.5, 0.6) is 0 Å². The van der Waals surface area contributed by atoms with E-state index in [1.807, 2.05) is 0 Å². The van der Waals surface area contributed by atoms with Crippen LogP contribution in [0.1, 0.15) is 19.3 Å². The van der Waals surface area contributed by atoms with Crippen LogP contribution >= 0.6 is 11.6 Å². The van der Waals surface area contributed by atoms with Gasteiger partial charge in [-0.25, -0.2) is 17.5 Å². The van der Waals surface area contributed by atoms with E-state index in [2.05, 4.69) is 9.62 Å². The number of nitrogens with zero attached hydrogens (tertiary/aromatic N) is 1. The van der Waals surface area contributed by atoms with Gasteiger partial charge in [0.15, 0.2) is 5.82 Å². The number of hydrogen-bond acceptors (Lipinski definition) is 4. The molecule has 21 heavy (non-hydrogen) atoms. The van der Waals surface area contributed by atoms with Crippen molar-refractivity contribution in [1.82, 2.24) is 9.62 Å².